The van der Waals surface area contributed by atoms with E-state index >= 15 is 0 Å². The van der Waals surface area contributed by atoms with Crippen LogP contribution in [-0.4, -0.2) is 11.2 Å². The van der Waals surface area contributed by atoms with Gasteiger partial charge in [-0.15, -0.1) is 0 Å². The van der Waals surface area contributed by atoms with Gasteiger partial charge in [0.1, 0.15) is 0 Å². The largest absolute Gasteiger partial charge is 0.399 e. The van der Waals surface area contributed by atoms with E-state index in [4.69, 9.17) is 10.8 Å². The third kappa shape index (κ3) is 1.57. The van der Waals surface area contributed by atoms with Gasteiger partial charge in [-0.05, 0) is 25.5 Å². The summed E-state index contributed by atoms with van der Waals surface area (Å²) < 4.78 is 0. The van der Waals surface area contributed by atoms with Crippen LogP contribution in [0.2, 0.25) is 0 Å². The molecule has 1 aliphatic carbocycles. The molecule has 0 saturated carbocycles. The van der Waals surface area contributed by atoms with Gasteiger partial charge < -0.3 is 10.8 Å². The molecule has 1 unspecified atom stereocenters. The van der Waals surface area contributed by atoms with Crippen molar-refractivity contribution in [2.45, 2.75) is 19.4 Å². The molecule has 1 atom stereocenters. The Morgan fingerprint density at radius 2 is 2.44 bits per heavy atom. The van der Waals surface area contributed by atoms with E-state index in [1.54, 1.807) is 6.08 Å². The predicted molar refractivity (Wildman–Crippen MR) is 36.7 cm³/mol. The molecule has 0 saturated heterocycles. The maximum atomic E-state index is 9.05. The van der Waals surface area contributed by atoms with Crippen LogP contribution in [0.25, 0.3) is 0 Å². The summed E-state index contributed by atoms with van der Waals surface area (Å²) in [6.07, 6.45) is 3.90. The predicted octanol–water partition coefficient (Wildman–Crippen LogP) is 0.540. The van der Waals surface area contributed by atoms with Crippen LogP contribution in [0.1, 0.15) is 13.3 Å². The zero-order valence-electron chi connectivity index (χ0n) is 5.46. The van der Waals surface area contributed by atoms with E-state index in [1.165, 1.54) is 0 Å². The van der Waals surface area contributed by atoms with Crippen molar-refractivity contribution >= 4 is 0 Å². The minimum atomic E-state index is -0.366. The Hall–Kier alpha value is -0.760. The fraction of sp³-hybridized carbons (Fsp3) is 0.429. The highest BCUT2D eigenvalue weighted by Gasteiger charge is 2.06. The third-order valence-corrected chi connectivity index (χ3v) is 1.33. The number of hydrogen-bond acceptors (Lipinski definition) is 2. The summed E-state index contributed by atoms with van der Waals surface area (Å²) in [6, 6.07) is 0. The Labute approximate surface area is 54.7 Å². The molecule has 0 radical (unpaired) electrons. The standard InChI is InChI=1S/C7H11NO/c1-5-2-6(8)4-7(9)3-5/h2,4,7,9H,3,8H2,1H3. The molecule has 50 valence electrons. The number of hydrogen-bond donors (Lipinski definition) is 2. The van der Waals surface area contributed by atoms with E-state index in [2.05, 4.69) is 0 Å². The summed E-state index contributed by atoms with van der Waals surface area (Å²) in [7, 11) is 0. The zero-order chi connectivity index (χ0) is 6.85. The monoisotopic (exact) mass is 125 g/mol. The first-order chi connectivity index (χ1) is 4.18. The Balaban J connectivity index is 2.74. The molecule has 0 aromatic carbocycles. The Morgan fingerprint density at radius 3 is 2.89 bits per heavy atom. The third-order valence-electron chi connectivity index (χ3n) is 1.33. The molecule has 1 rings (SSSR count). The lowest BCUT2D eigenvalue weighted by atomic mass is 10.0. The summed E-state index contributed by atoms with van der Waals surface area (Å²) in [4.78, 5) is 0. The van der Waals surface area contributed by atoms with Gasteiger partial charge in [0.25, 0.3) is 0 Å². The van der Waals surface area contributed by atoms with Crippen LogP contribution >= 0.6 is 0 Å². The second kappa shape index (κ2) is 2.23. The van der Waals surface area contributed by atoms with E-state index in [0.717, 1.165) is 12.0 Å². The fourth-order valence-corrected chi connectivity index (χ4v) is 1.00. The summed E-state index contributed by atoms with van der Waals surface area (Å²) in [5.74, 6) is 0. The quantitative estimate of drug-likeness (QED) is 0.496. The van der Waals surface area contributed by atoms with Crippen molar-refractivity contribution in [3.8, 4) is 0 Å². The van der Waals surface area contributed by atoms with Crippen molar-refractivity contribution in [3.63, 3.8) is 0 Å². The van der Waals surface area contributed by atoms with E-state index in [0.29, 0.717) is 5.70 Å². The molecule has 1 aliphatic rings. The van der Waals surface area contributed by atoms with Crippen LogP contribution in [0.3, 0.4) is 0 Å². The van der Waals surface area contributed by atoms with E-state index in [9.17, 15) is 0 Å². The van der Waals surface area contributed by atoms with Crippen molar-refractivity contribution in [2.75, 3.05) is 0 Å². The lowest BCUT2D eigenvalue weighted by Gasteiger charge is -2.11. The first-order valence-corrected chi connectivity index (χ1v) is 3.01. The number of allylic oxidation sites excluding steroid dienone is 1. The normalized spacial score (nSPS) is 27.1. The molecule has 2 nitrogen and oxygen atoms in total. The molecule has 9 heavy (non-hydrogen) atoms. The van der Waals surface area contributed by atoms with Crippen molar-refractivity contribution in [3.05, 3.63) is 23.4 Å². The van der Waals surface area contributed by atoms with Gasteiger partial charge in [-0.25, -0.2) is 0 Å². The molecular weight excluding hydrogens is 114 g/mol. The summed E-state index contributed by atoms with van der Waals surface area (Å²) >= 11 is 0. The highest BCUT2D eigenvalue weighted by atomic mass is 16.3. The first kappa shape index (κ1) is 6.36. The van der Waals surface area contributed by atoms with Gasteiger partial charge in [0, 0.05) is 5.70 Å². The molecule has 0 spiro atoms. The summed E-state index contributed by atoms with van der Waals surface area (Å²) in [6.45, 7) is 1.96. The van der Waals surface area contributed by atoms with Crippen LogP contribution in [0.5, 0.6) is 0 Å². The van der Waals surface area contributed by atoms with Crippen LogP contribution in [0.4, 0.5) is 0 Å². The number of aliphatic hydroxyl groups excluding tert-OH is 1. The highest BCUT2D eigenvalue weighted by Crippen LogP contribution is 2.13. The van der Waals surface area contributed by atoms with Gasteiger partial charge in [-0.2, -0.15) is 0 Å². The molecular formula is C7H11NO. The lowest BCUT2D eigenvalue weighted by Crippen LogP contribution is -2.11. The van der Waals surface area contributed by atoms with Crippen LogP contribution < -0.4 is 5.73 Å². The number of nitrogens with two attached hydrogens (primary N) is 1. The average Bonchev–Trinajstić information content (AvgIpc) is 1.59. The van der Waals surface area contributed by atoms with Gasteiger partial charge >= 0.3 is 0 Å². The average molecular weight is 125 g/mol. The topological polar surface area (TPSA) is 46.2 Å². The van der Waals surface area contributed by atoms with Gasteiger partial charge in [0.05, 0.1) is 6.10 Å². The van der Waals surface area contributed by atoms with Crippen LogP contribution in [-0.2, 0) is 0 Å². The molecule has 0 heterocycles. The van der Waals surface area contributed by atoms with E-state index in [1.807, 2.05) is 13.0 Å². The fourth-order valence-electron chi connectivity index (χ4n) is 1.00. The summed E-state index contributed by atoms with van der Waals surface area (Å²) in [5, 5.41) is 9.05. The van der Waals surface area contributed by atoms with Crippen LogP contribution in [0.15, 0.2) is 23.4 Å². The Kier molecular flexibility index (Phi) is 1.58. The molecule has 0 bridgehead atoms. The molecule has 0 aromatic heterocycles. The minimum absolute atomic E-state index is 0.366. The van der Waals surface area contributed by atoms with Gasteiger partial charge in [-0.1, -0.05) is 5.57 Å². The SMILES string of the molecule is CC1=CC(N)=CC(O)C1. The van der Waals surface area contributed by atoms with Gasteiger partial charge in [-0.3, -0.25) is 0 Å². The van der Waals surface area contributed by atoms with Gasteiger partial charge in [0.15, 0.2) is 0 Å². The Morgan fingerprint density at radius 1 is 1.78 bits per heavy atom. The maximum Gasteiger partial charge on any atom is 0.0780 e. The first-order valence-electron chi connectivity index (χ1n) is 3.01. The highest BCUT2D eigenvalue weighted by molar-refractivity contribution is 5.26. The molecule has 0 aromatic rings. The number of aliphatic hydroxyl groups is 1. The van der Waals surface area contributed by atoms with Crippen molar-refractivity contribution < 1.29 is 5.11 Å². The van der Waals surface area contributed by atoms with Crippen molar-refractivity contribution in [2.24, 2.45) is 5.73 Å². The lowest BCUT2D eigenvalue weighted by molar-refractivity contribution is 0.221. The van der Waals surface area contributed by atoms with Gasteiger partial charge in [0.2, 0.25) is 0 Å². The molecule has 3 N–H and O–H groups in total. The zero-order valence-corrected chi connectivity index (χ0v) is 5.46. The molecule has 0 amide bonds. The molecule has 0 aliphatic heterocycles. The van der Waals surface area contributed by atoms with Crippen LogP contribution in [0, 0.1) is 0 Å². The van der Waals surface area contributed by atoms with Crippen molar-refractivity contribution in [1.82, 2.24) is 0 Å². The molecule has 2 heteroatoms. The maximum absolute atomic E-state index is 9.05. The molecule has 0 fully saturated rings. The minimum Gasteiger partial charge on any atom is -0.399 e. The number of rotatable bonds is 0. The summed E-state index contributed by atoms with van der Waals surface area (Å²) in [5.41, 5.74) is 7.25. The van der Waals surface area contributed by atoms with E-state index < -0.39 is 0 Å². The van der Waals surface area contributed by atoms with Crippen molar-refractivity contribution in [1.29, 1.82) is 0 Å². The second-order valence-electron chi connectivity index (χ2n) is 2.43. The smallest absolute Gasteiger partial charge is 0.0780 e. The van der Waals surface area contributed by atoms with E-state index in [-0.39, 0.29) is 6.10 Å². The Bertz CT molecular complexity index is 170. The second-order valence-corrected chi connectivity index (χ2v) is 2.43.